The SMILES string of the molecule is CSc1ccc(NC(=O)C(C)n2nc(C3CC3)ccc2=O)cc1. The van der Waals surface area contributed by atoms with Crippen LogP contribution >= 0.6 is 11.8 Å². The summed E-state index contributed by atoms with van der Waals surface area (Å²) in [4.78, 5) is 25.5. The molecule has 1 N–H and O–H groups in total. The molecule has 0 bridgehead atoms. The molecule has 3 rings (SSSR count). The number of hydrogen-bond donors (Lipinski definition) is 1. The number of carbonyl (C=O) groups excluding carboxylic acids is 1. The minimum atomic E-state index is -0.651. The van der Waals surface area contributed by atoms with E-state index in [1.54, 1.807) is 24.8 Å². The molecule has 1 aromatic carbocycles. The molecule has 1 amide bonds. The Kier molecular flexibility index (Phi) is 4.52. The summed E-state index contributed by atoms with van der Waals surface area (Å²) in [6.07, 6.45) is 4.21. The van der Waals surface area contributed by atoms with Crippen LogP contribution in [-0.2, 0) is 4.79 Å². The highest BCUT2D eigenvalue weighted by atomic mass is 32.2. The maximum atomic E-state index is 12.4. The van der Waals surface area contributed by atoms with Gasteiger partial charge < -0.3 is 5.32 Å². The maximum absolute atomic E-state index is 12.4. The fourth-order valence-corrected chi connectivity index (χ4v) is 2.75. The van der Waals surface area contributed by atoms with Gasteiger partial charge in [-0.15, -0.1) is 11.8 Å². The number of rotatable bonds is 5. The summed E-state index contributed by atoms with van der Waals surface area (Å²) in [5.41, 5.74) is 1.36. The average Bonchev–Trinajstić information content (AvgIpc) is 3.40. The molecule has 0 spiro atoms. The molecule has 1 unspecified atom stereocenters. The fraction of sp³-hybridized carbons (Fsp3) is 0.353. The van der Waals surface area contributed by atoms with Crippen LogP contribution in [0, 0.1) is 0 Å². The third-order valence-electron chi connectivity index (χ3n) is 3.95. The summed E-state index contributed by atoms with van der Waals surface area (Å²) in [5, 5.41) is 7.20. The Morgan fingerprint density at radius 3 is 2.57 bits per heavy atom. The predicted octanol–water partition coefficient (Wildman–Crippen LogP) is 3.04. The Bertz CT molecular complexity index is 766. The minimum absolute atomic E-state index is 0.246. The van der Waals surface area contributed by atoms with Crippen molar-refractivity contribution < 1.29 is 4.79 Å². The molecule has 0 saturated heterocycles. The minimum Gasteiger partial charge on any atom is -0.324 e. The number of nitrogens with zero attached hydrogens (tertiary/aromatic N) is 2. The van der Waals surface area contributed by atoms with E-state index in [0.717, 1.165) is 23.4 Å². The van der Waals surface area contributed by atoms with Crippen molar-refractivity contribution in [2.75, 3.05) is 11.6 Å². The number of aromatic nitrogens is 2. The van der Waals surface area contributed by atoms with Gasteiger partial charge in [-0.3, -0.25) is 9.59 Å². The van der Waals surface area contributed by atoms with Gasteiger partial charge in [0, 0.05) is 22.6 Å². The zero-order valence-electron chi connectivity index (χ0n) is 13.2. The highest BCUT2D eigenvalue weighted by Crippen LogP contribution is 2.38. The maximum Gasteiger partial charge on any atom is 0.267 e. The van der Waals surface area contributed by atoms with Gasteiger partial charge in [-0.25, -0.2) is 4.68 Å². The summed E-state index contributed by atoms with van der Waals surface area (Å²) in [5.74, 6) is 0.195. The second-order valence-electron chi connectivity index (χ2n) is 5.71. The summed E-state index contributed by atoms with van der Waals surface area (Å²) < 4.78 is 1.28. The molecule has 1 atom stereocenters. The van der Waals surface area contributed by atoms with E-state index in [1.165, 1.54) is 10.7 Å². The van der Waals surface area contributed by atoms with Gasteiger partial charge in [0.1, 0.15) is 6.04 Å². The van der Waals surface area contributed by atoms with Crippen LogP contribution < -0.4 is 10.9 Å². The number of carbonyl (C=O) groups is 1. The average molecular weight is 329 g/mol. The van der Waals surface area contributed by atoms with Crippen LogP contribution in [0.3, 0.4) is 0 Å². The normalized spacial score (nSPS) is 15.2. The monoisotopic (exact) mass is 329 g/mol. The second-order valence-corrected chi connectivity index (χ2v) is 6.59. The van der Waals surface area contributed by atoms with Crippen LogP contribution in [0.4, 0.5) is 5.69 Å². The van der Waals surface area contributed by atoms with Gasteiger partial charge in [-0.1, -0.05) is 0 Å². The lowest BCUT2D eigenvalue weighted by Gasteiger charge is -2.15. The Balaban J connectivity index is 1.76. The van der Waals surface area contributed by atoms with E-state index in [2.05, 4.69) is 10.4 Å². The topological polar surface area (TPSA) is 64.0 Å². The lowest BCUT2D eigenvalue weighted by molar-refractivity contribution is -0.119. The van der Waals surface area contributed by atoms with Gasteiger partial charge in [0.2, 0.25) is 5.91 Å². The van der Waals surface area contributed by atoms with Crippen molar-refractivity contribution in [2.24, 2.45) is 0 Å². The fourth-order valence-electron chi connectivity index (χ4n) is 2.35. The summed E-state index contributed by atoms with van der Waals surface area (Å²) >= 11 is 1.64. The number of thioether (sulfide) groups is 1. The number of anilines is 1. The quantitative estimate of drug-likeness (QED) is 0.856. The van der Waals surface area contributed by atoms with Crippen LogP contribution in [-0.4, -0.2) is 21.9 Å². The van der Waals surface area contributed by atoms with E-state index in [9.17, 15) is 9.59 Å². The molecule has 5 nitrogen and oxygen atoms in total. The molecule has 2 aromatic rings. The number of hydrogen-bond acceptors (Lipinski definition) is 4. The van der Waals surface area contributed by atoms with Gasteiger partial charge in [0.15, 0.2) is 0 Å². The molecule has 0 radical (unpaired) electrons. The van der Waals surface area contributed by atoms with Crippen LogP contribution in [0.2, 0.25) is 0 Å². The molecular formula is C17H19N3O2S. The first-order valence-electron chi connectivity index (χ1n) is 7.63. The zero-order chi connectivity index (χ0) is 16.4. The van der Waals surface area contributed by atoms with Crippen molar-refractivity contribution in [1.82, 2.24) is 9.78 Å². The first kappa shape index (κ1) is 15.8. The number of nitrogens with one attached hydrogen (secondary N) is 1. The Morgan fingerprint density at radius 2 is 1.96 bits per heavy atom. The first-order valence-corrected chi connectivity index (χ1v) is 8.85. The molecule has 1 heterocycles. The molecule has 1 saturated carbocycles. The Morgan fingerprint density at radius 1 is 1.26 bits per heavy atom. The smallest absolute Gasteiger partial charge is 0.267 e. The van der Waals surface area contributed by atoms with Crippen LogP contribution in [0.15, 0.2) is 46.1 Å². The van der Waals surface area contributed by atoms with Gasteiger partial charge in [-0.05, 0) is 56.4 Å². The highest BCUT2D eigenvalue weighted by Gasteiger charge is 2.27. The van der Waals surface area contributed by atoms with E-state index in [0.29, 0.717) is 11.6 Å². The summed E-state index contributed by atoms with van der Waals surface area (Å²) in [7, 11) is 0. The standard InChI is InChI=1S/C17H19N3O2S/c1-11(17(22)18-13-5-7-14(23-2)8-6-13)20-16(21)10-9-15(19-20)12-3-4-12/h5-12H,3-4H2,1-2H3,(H,18,22). The molecule has 1 aliphatic carbocycles. The molecule has 23 heavy (non-hydrogen) atoms. The van der Waals surface area contributed by atoms with Crippen molar-refractivity contribution in [3.05, 3.63) is 52.4 Å². The highest BCUT2D eigenvalue weighted by molar-refractivity contribution is 7.98. The summed E-state index contributed by atoms with van der Waals surface area (Å²) in [6.45, 7) is 1.69. The van der Waals surface area contributed by atoms with Gasteiger partial charge in [0.05, 0.1) is 5.69 Å². The number of benzene rings is 1. The third-order valence-corrected chi connectivity index (χ3v) is 4.69. The van der Waals surface area contributed by atoms with Crippen LogP contribution in [0.5, 0.6) is 0 Å². The molecule has 1 aliphatic rings. The van der Waals surface area contributed by atoms with E-state index >= 15 is 0 Å². The summed E-state index contributed by atoms with van der Waals surface area (Å²) in [6, 6.07) is 10.2. The third kappa shape index (κ3) is 3.64. The van der Waals surface area contributed by atoms with Crippen LogP contribution in [0.1, 0.15) is 37.4 Å². The van der Waals surface area contributed by atoms with Crippen molar-refractivity contribution in [1.29, 1.82) is 0 Å². The Labute approximate surface area is 139 Å². The van der Waals surface area contributed by atoms with Gasteiger partial charge >= 0.3 is 0 Å². The van der Waals surface area contributed by atoms with E-state index in [4.69, 9.17) is 0 Å². The molecule has 120 valence electrons. The zero-order valence-corrected chi connectivity index (χ0v) is 14.0. The predicted molar refractivity (Wildman–Crippen MR) is 92.0 cm³/mol. The van der Waals surface area contributed by atoms with Gasteiger partial charge in [-0.2, -0.15) is 5.10 Å². The van der Waals surface area contributed by atoms with Gasteiger partial charge in [0.25, 0.3) is 5.56 Å². The molecule has 0 aliphatic heterocycles. The number of amides is 1. The Hall–Kier alpha value is -2.08. The van der Waals surface area contributed by atoms with Crippen molar-refractivity contribution in [3.63, 3.8) is 0 Å². The van der Waals surface area contributed by atoms with Crippen molar-refractivity contribution >= 4 is 23.4 Å². The van der Waals surface area contributed by atoms with Crippen LogP contribution in [0.25, 0.3) is 0 Å². The van der Waals surface area contributed by atoms with Crippen molar-refractivity contribution in [3.8, 4) is 0 Å². The van der Waals surface area contributed by atoms with E-state index in [1.807, 2.05) is 30.5 Å². The lowest BCUT2D eigenvalue weighted by Crippen LogP contribution is -2.33. The largest absolute Gasteiger partial charge is 0.324 e. The van der Waals surface area contributed by atoms with E-state index < -0.39 is 6.04 Å². The lowest BCUT2D eigenvalue weighted by atomic mass is 10.2. The van der Waals surface area contributed by atoms with Crippen molar-refractivity contribution in [2.45, 2.75) is 36.6 Å². The molecular weight excluding hydrogens is 310 g/mol. The molecule has 6 heteroatoms. The van der Waals surface area contributed by atoms with E-state index in [-0.39, 0.29) is 11.5 Å². The second kappa shape index (κ2) is 6.58. The first-order chi connectivity index (χ1) is 11.1. The molecule has 1 aromatic heterocycles. The molecule has 1 fully saturated rings.